The molecule has 0 aromatic heterocycles. The molecule has 28 heavy (non-hydrogen) atoms. The Labute approximate surface area is 169 Å². The molecule has 0 aliphatic carbocycles. The molecule has 5 nitrogen and oxygen atoms in total. The SMILES string of the molecule is O=C(CCc1ccc(Cl)cc1)N1CCCC(NS(=O)(=O)c2cccc(F)c2)C1. The number of halogens is 2. The van der Waals surface area contributed by atoms with Crippen LogP contribution in [0.5, 0.6) is 0 Å². The van der Waals surface area contributed by atoms with Gasteiger partial charge in [0.15, 0.2) is 0 Å². The number of carbonyl (C=O) groups is 1. The van der Waals surface area contributed by atoms with Crippen LogP contribution in [0.4, 0.5) is 4.39 Å². The quantitative estimate of drug-likeness (QED) is 0.773. The molecule has 2 aromatic carbocycles. The first-order valence-electron chi connectivity index (χ1n) is 9.13. The summed E-state index contributed by atoms with van der Waals surface area (Å²) in [6, 6.07) is 11.9. The van der Waals surface area contributed by atoms with Crippen molar-refractivity contribution in [2.75, 3.05) is 13.1 Å². The zero-order valence-corrected chi connectivity index (χ0v) is 16.8. The number of amides is 1. The maximum absolute atomic E-state index is 13.3. The minimum atomic E-state index is -3.83. The summed E-state index contributed by atoms with van der Waals surface area (Å²) in [6.07, 6.45) is 2.30. The van der Waals surface area contributed by atoms with Crippen molar-refractivity contribution in [3.8, 4) is 0 Å². The van der Waals surface area contributed by atoms with Gasteiger partial charge >= 0.3 is 0 Å². The summed E-state index contributed by atoms with van der Waals surface area (Å²) in [6.45, 7) is 0.922. The number of benzene rings is 2. The summed E-state index contributed by atoms with van der Waals surface area (Å²) in [7, 11) is -3.83. The lowest BCUT2D eigenvalue weighted by molar-refractivity contribution is -0.132. The number of hydrogen-bond acceptors (Lipinski definition) is 3. The number of rotatable bonds is 6. The summed E-state index contributed by atoms with van der Waals surface area (Å²) in [4.78, 5) is 14.1. The van der Waals surface area contributed by atoms with E-state index in [1.54, 1.807) is 17.0 Å². The van der Waals surface area contributed by atoms with Crippen LogP contribution >= 0.6 is 11.6 Å². The molecule has 1 aliphatic heterocycles. The second-order valence-electron chi connectivity index (χ2n) is 6.88. The molecule has 1 aliphatic rings. The average Bonchev–Trinajstić information content (AvgIpc) is 2.67. The average molecular weight is 425 g/mol. The molecule has 1 atom stereocenters. The van der Waals surface area contributed by atoms with Crippen LogP contribution in [0.15, 0.2) is 53.4 Å². The number of piperidine rings is 1. The standard InChI is InChI=1S/C20H22ClFN2O3S/c21-16-9-6-15(7-10-16)8-11-20(25)24-12-2-4-18(14-24)23-28(26,27)19-5-1-3-17(22)13-19/h1,3,5-7,9-10,13,18,23H,2,4,8,11-12,14H2. The van der Waals surface area contributed by atoms with Gasteiger partial charge in [0, 0.05) is 30.6 Å². The summed E-state index contributed by atoms with van der Waals surface area (Å²) in [5, 5.41) is 0.652. The van der Waals surface area contributed by atoms with E-state index in [2.05, 4.69) is 4.72 Å². The van der Waals surface area contributed by atoms with E-state index in [-0.39, 0.29) is 16.8 Å². The van der Waals surface area contributed by atoms with Crippen LogP contribution in [0.25, 0.3) is 0 Å². The molecule has 1 unspecified atom stereocenters. The topological polar surface area (TPSA) is 66.5 Å². The fourth-order valence-electron chi connectivity index (χ4n) is 3.28. The third kappa shape index (κ3) is 5.53. The van der Waals surface area contributed by atoms with E-state index in [9.17, 15) is 17.6 Å². The molecular weight excluding hydrogens is 403 g/mol. The zero-order valence-electron chi connectivity index (χ0n) is 15.3. The van der Waals surface area contributed by atoms with Gasteiger partial charge < -0.3 is 4.90 Å². The first-order chi connectivity index (χ1) is 13.3. The molecule has 150 valence electrons. The van der Waals surface area contributed by atoms with Crippen molar-refractivity contribution in [1.29, 1.82) is 0 Å². The van der Waals surface area contributed by atoms with E-state index in [0.29, 0.717) is 43.8 Å². The molecule has 3 rings (SSSR count). The Kier molecular flexibility index (Phi) is 6.69. The molecule has 0 bridgehead atoms. The lowest BCUT2D eigenvalue weighted by atomic mass is 10.0. The normalized spacial score (nSPS) is 17.5. The van der Waals surface area contributed by atoms with Gasteiger partial charge in [0.1, 0.15) is 5.82 Å². The number of carbonyl (C=O) groups excluding carboxylic acids is 1. The maximum atomic E-state index is 13.3. The monoisotopic (exact) mass is 424 g/mol. The Bertz CT molecular complexity index is 935. The summed E-state index contributed by atoms with van der Waals surface area (Å²) >= 11 is 5.87. The molecule has 1 saturated heterocycles. The number of nitrogens with zero attached hydrogens (tertiary/aromatic N) is 1. The second kappa shape index (κ2) is 9.03. The van der Waals surface area contributed by atoms with Gasteiger partial charge in [0.05, 0.1) is 4.90 Å². The zero-order chi connectivity index (χ0) is 20.1. The summed E-state index contributed by atoms with van der Waals surface area (Å²) < 4.78 is 40.9. The Balaban J connectivity index is 1.57. The second-order valence-corrected chi connectivity index (χ2v) is 9.03. The molecule has 1 heterocycles. The molecule has 0 radical (unpaired) electrons. The molecule has 0 saturated carbocycles. The molecule has 1 fully saturated rings. The fraction of sp³-hybridized carbons (Fsp3) is 0.350. The summed E-state index contributed by atoms with van der Waals surface area (Å²) in [5.74, 6) is -0.616. The highest BCUT2D eigenvalue weighted by atomic mass is 35.5. The Morgan fingerprint density at radius 3 is 2.68 bits per heavy atom. The maximum Gasteiger partial charge on any atom is 0.240 e. The predicted octanol–water partition coefficient (Wildman–Crippen LogP) is 3.38. The van der Waals surface area contributed by atoms with E-state index in [1.807, 2.05) is 12.1 Å². The Morgan fingerprint density at radius 2 is 1.96 bits per heavy atom. The first kappa shape index (κ1) is 20.8. The Hall–Kier alpha value is -1.96. The van der Waals surface area contributed by atoms with Gasteiger partial charge in [-0.05, 0) is 55.2 Å². The largest absolute Gasteiger partial charge is 0.341 e. The molecule has 2 aromatic rings. The molecule has 1 amide bonds. The van der Waals surface area contributed by atoms with E-state index in [1.165, 1.54) is 18.2 Å². The molecule has 1 N–H and O–H groups in total. The van der Waals surface area contributed by atoms with E-state index < -0.39 is 15.8 Å². The van der Waals surface area contributed by atoms with E-state index >= 15 is 0 Å². The number of likely N-dealkylation sites (tertiary alicyclic amines) is 1. The molecule has 8 heteroatoms. The van der Waals surface area contributed by atoms with Crippen LogP contribution in [0, 0.1) is 5.82 Å². The van der Waals surface area contributed by atoms with Crippen molar-refractivity contribution in [1.82, 2.24) is 9.62 Å². The van der Waals surface area contributed by atoms with Crippen molar-refractivity contribution in [2.24, 2.45) is 0 Å². The number of aryl methyl sites for hydroxylation is 1. The van der Waals surface area contributed by atoms with E-state index in [0.717, 1.165) is 11.6 Å². The van der Waals surface area contributed by atoms with Crippen molar-refractivity contribution in [3.05, 3.63) is 64.9 Å². The van der Waals surface area contributed by atoms with E-state index in [4.69, 9.17) is 11.6 Å². The number of sulfonamides is 1. The van der Waals surface area contributed by atoms with Crippen LogP contribution in [0.3, 0.4) is 0 Å². The van der Waals surface area contributed by atoms with Crippen molar-refractivity contribution < 1.29 is 17.6 Å². The van der Waals surface area contributed by atoms with Gasteiger partial charge in [0.25, 0.3) is 0 Å². The Morgan fingerprint density at radius 1 is 1.21 bits per heavy atom. The van der Waals surface area contributed by atoms with Crippen LogP contribution in [-0.4, -0.2) is 38.4 Å². The fourth-order valence-corrected chi connectivity index (χ4v) is 4.70. The highest BCUT2D eigenvalue weighted by Crippen LogP contribution is 2.17. The predicted molar refractivity (Wildman–Crippen MR) is 106 cm³/mol. The first-order valence-corrected chi connectivity index (χ1v) is 11.0. The van der Waals surface area contributed by atoms with Crippen LogP contribution in [-0.2, 0) is 21.2 Å². The number of nitrogens with one attached hydrogen (secondary N) is 1. The van der Waals surface area contributed by atoms with Crippen LogP contribution in [0.2, 0.25) is 5.02 Å². The highest BCUT2D eigenvalue weighted by molar-refractivity contribution is 7.89. The minimum Gasteiger partial charge on any atom is -0.341 e. The van der Waals surface area contributed by atoms with Crippen molar-refractivity contribution in [3.63, 3.8) is 0 Å². The molecular formula is C20H22ClFN2O3S. The molecule has 0 spiro atoms. The van der Waals surface area contributed by atoms with Gasteiger partial charge in [-0.3, -0.25) is 4.79 Å². The van der Waals surface area contributed by atoms with Gasteiger partial charge in [-0.1, -0.05) is 29.8 Å². The van der Waals surface area contributed by atoms with Crippen LogP contribution < -0.4 is 4.72 Å². The lowest BCUT2D eigenvalue weighted by Crippen LogP contribution is -2.49. The minimum absolute atomic E-state index is 0.00963. The van der Waals surface area contributed by atoms with Gasteiger partial charge in [-0.15, -0.1) is 0 Å². The van der Waals surface area contributed by atoms with Gasteiger partial charge in [0.2, 0.25) is 15.9 Å². The van der Waals surface area contributed by atoms with Crippen molar-refractivity contribution >= 4 is 27.5 Å². The van der Waals surface area contributed by atoms with Crippen LogP contribution in [0.1, 0.15) is 24.8 Å². The van der Waals surface area contributed by atoms with Gasteiger partial charge in [-0.25, -0.2) is 17.5 Å². The summed E-state index contributed by atoms with van der Waals surface area (Å²) in [5.41, 5.74) is 1.03. The third-order valence-corrected chi connectivity index (χ3v) is 6.51. The highest BCUT2D eigenvalue weighted by Gasteiger charge is 2.27. The van der Waals surface area contributed by atoms with Crippen molar-refractivity contribution in [2.45, 2.75) is 36.6 Å². The number of hydrogen-bond donors (Lipinski definition) is 1. The third-order valence-electron chi connectivity index (χ3n) is 4.74. The smallest absolute Gasteiger partial charge is 0.240 e. The lowest BCUT2D eigenvalue weighted by Gasteiger charge is -2.33. The van der Waals surface area contributed by atoms with Gasteiger partial charge in [-0.2, -0.15) is 0 Å².